The van der Waals surface area contributed by atoms with Crippen molar-refractivity contribution in [1.29, 1.82) is 0 Å². The molecule has 0 aliphatic heterocycles. The molecule has 1 heterocycles. The Kier molecular flexibility index (Phi) is 6.94. The second kappa shape index (κ2) is 9.00. The normalized spacial score (nSPS) is 14.2. The van der Waals surface area contributed by atoms with Gasteiger partial charge in [-0.15, -0.1) is 0 Å². The van der Waals surface area contributed by atoms with E-state index < -0.39 is 38.9 Å². The topological polar surface area (TPSA) is 51.1 Å². The van der Waals surface area contributed by atoms with Crippen molar-refractivity contribution in [2.45, 2.75) is 65.6 Å². The van der Waals surface area contributed by atoms with Gasteiger partial charge in [0.2, 0.25) is 10.0 Å². The van der Waals surface area contributed by atoms with E-state index >= 15 is 4.39 Å². The summed E-state index contributed by atoms with van der Waals surface area (Å²) in [5.74, 6) is -0.808. The maximum Gasteiger partial charge on any atom is 0.417 e. The lowest BCUT2D eigenvalue weighted by molar-refractivity contribution is -0.137. The summed E-state index contributed by atoms with van der Waals surface area (Å²) in [6, 6.07) is 6.86. The molecule has 0 unspecified atom stereocenters. The minimum absolute atomic E-state index is 0.157. The molecule has 0 spiro atoms. The molecular weight excluding hydrogens is 468 g/mol. The van der Waals surface area contributed by atoms with Gasteiger partial charge in [-0.25, -0.2) is 17.5 Å². The van der Waals surface area contributed by atoms with Crippen LogP contribution in [0, 0.1) is 11.2 Å². The SMILES string of the molecule is CC(C)S(=O)(=O)N[C@H](C)c1cn(CC(C)(C)C)c2cc(-c3ccccc3C(F)(F)F)c(F)cc12. The first-order valence-electron chi connectivity index (χ1n) is 11.0. The molecule has 0 radical (unpaired) electrons. The molecule has 186 valence electrons. The average Bonchev–Trinajstić information content (AvgIpc) is 3.02. The zero-order valence-corrected chi connectivity index (χ0v) is 20.9. The number of hydrogen-bond donors (Lipinski definition) is 1. The molecule has 0 saturated heterocycles. The Morgan fingerprint density at radius 3 is 2.18 bits per heavy atom. The zero-order chi connectivity index (χ0) is 25.6. The monoisotopic (exact) mass is 498 g/mol. The lowest BCUT2D eigenvalue weighted by Gasteiger charge is -2.20. The van der Waals surface area contributed by atoms with Gasteiger partial charge in [-0.3, -0.25) is 0 Å². The van der Waals surface area contributed by atoms with E-state index in [0.717, 1.165) is 6.07 Å². The molecule has 0 saturated carbocycles. The van der Waals surface area contributed by atoms with Crippen LogP contribution in [-0.2, 0) is 22.7 Å². The molecule has 0 bridgehead atoms. The molecule has 9 heteroatoms. The van der Waals surface area contributed by atoms with Crippen molar-refractivity contribution in [3.8, 4) is 11.1 Å². The molecule has 1 atom stereocenters. The summed E-state index contributed by atoms with van der Waals surface area (Å²) in [5, 5.41) is -0.200. The first-order chi connectivity index (χ1) is 15.5. The van der Waals surface area contributed by atoms with E-state index in [2.05, 4.69) is 4.72 Å². The Hall–Kier alpha value is -2.39. The standard InChI is InChI=1S/C25H30F4N2O2S/c1-15(2)34(32,33)30-16(3)20-13-31(14-24(4,5)6)23-12-18(22(26)11-19(20)23)17-9-7-8-10-21(17)25(27,28)29/h7-13,15-16,30H,14H2,1-6H3/t16-/m1/s1. The van der Waals surface area contributed by atoms with E-state index in [1.807, 2.05) is 25.3 Å². The van der Waals surface area contributed by atoms with Crippen LogP contribution >= 0.6 is 0 Å². The van der Waals surface area contributed by atoms with E-state index in [1.54, 1.807) is 27.0 Å². The molecule has 4 nitrogen and oxygen atoms in total. The van der Waals surface area contributed by atoms with Crippen LogP contribution in [-0.4, -0.2) is 18.2 Å². The summed E-state index contributed by atoms with van der Waals surface area (Å²) in [6.45, 7) is 11.3. The number of benzene rings is 2. The predicted molar refractivity (Wildman–Crippen MR) is 127 cm³/mol. The van der Waals surface area contributed by atoms with Crippen LogP contribution in [0.25, 0.3) is 22.0 Å². The summed E-state index contributed by atoms with van der Waals surface area (Å²) in [5.41, 5.74) is -0.418. The Bertz CT molecular complexity index is 1300. The lowest BCUT2D eigenvalue weighted by atomic mass is 9.96. The van der Waals surface area contributed by atoms with Gasteiger partial charge in [0.25, 0.3) is 0 Å². The van der Waals surface area contributed by atoms with Gasteiger partial charge in [0.05, 0.1) is 10.8 Å². The molecule has 3 aromatic rings. The fraction of sp³-hybridized carbons (Fsp3) is 0.440. The highest BCUT2D eigenvalue weighted by atomic mass is 32.2. The van der Waals surface area contributed by atoms with Gasteiger partial charge >= 0.3 is 6.18 Å². The number of alkyl halides is 3. The number of aromatic nitrogens is 1. The minimum atomic E-state index is -4.64. The average molecular weight is 499 g/mol. The number of nitrogens with one attached hydrogen (secondary N) is 1. The van der Waals surface area contributed by atoms with E-state index in [0.29, 0.717) is 23.0 Å². The summed E-state index contributed by atoms with van der Waals surface area (Å²) < 4.78 is 85.5. The number of nitrogens with zero attached hydrogens (tertiary/aromatic N) is 1. The van der Waals surface area contributed by atoms with Crippen molar-refractivity contribution in [2.75, 3.05) is 0 Å². The predicted octanol–water partition coefficient (Wildman–Crippen LogP) is 6.90. The summed E-state index contributed by atoms with van der Waals surface area (Å²) in [7, 11) is -3.60. The minimum Gasteiger partial charge on any atom is -0.347 e. The van der Waals surface area contributed by atoms with Crippen LogP contribution < -0.4 is 4.72 Å². The third kappa shape index (κ3) is 5.46. The van der Waals surface area contributed by atoms with Crippen LogP contribution in [0.1, 0.15) is 58.7 Å². The molecule has 34 heavy (non-hydrogen) atoms. The van der Waals surface area contributed by atoms with Gasteiger partial charge in [0.15, 0.2) is 0 Å². The summed E-state index contributed by atoms with van der Waals surface area (Å²) in [6.07, 6.45) is -2.89. The van der Waals surface area contributed by atoms with Gasteiger partial charge in [0, 0.05) is 35.2 Å². The quantitative estimate of drug-likeness (QED) is 0.376. The number of halogens is 4. The first kappa shape index (κ1) is 26.2. The Morgan fingerprint density at radius 1 is 1.00 bits per heavy atom. The summed E-state index contributed by atoms with van der Waals surface area (Å²) in [4.78, 5) is 0. The molecule has 3 rings (SSSR count). The van der Waals surface area contributed by atoms with Gasteiger partial charge in [-0.05, 0) is 55.5 Å². The fourth-order valence-electron chi connectivity index (χ4n) is 3.94. The van der Waals surface area contributed by atoms with Crippen molar-refractivity contribution in [1.82, 2.24) is 9.29 Å². The summed E-state index contributed by atoms with van der Waals surface area (Å²) >= 11 is 0. The highest BCUT2D eigenvalue weighted by Gasteiger charge is 2.34. The maximum atomic E-state index is 15.3. The fourth-order valence-corrected chi connectivity index (χ4v) is 4.83. The molecule has 0 amide bonds. The van der Waals surface area contributed by atoms with Crippen molar-refractivity contribution in [3.05, 3.63) is 59.5 Å². The van der Waals surface area contributed by atoms with Crippen LogP contribution in [0.5, 0.6) is 0 Å². The number of sulfonamides is 1. The molecule has 1 N–H and O–H groups in total. The van der Waals surface area contributed by atoms with Gasteiger partial charge in [-0.2, -0.15) is 13.2 Å². The van der Waals surface area contributed by atoms with Crippen LogP contribution in [0.2, 0.25) is 0 Å². The highest BCUT2D eigenvalue weighted by Crippen LogP contribution is 2.40. The Labute approximate surface area is 198 Å². The lowest BCUT2D eigenvalue weighted by Crippen LogP contribution is -2.32. The number of rotatable bonds is 6. The highest BCUT2D eigenvalue weighted by molar-refractivity contribution is 7.90. The first-order valence-corrected chi connectivity index (χ1v) is 12.6. The molecule has 0 aliphatic rings. The number of hydrogen-bond acceptors (Lipinski definition) is 2. The smallest absolute Gasteiger partial charge is 0.347 e. The van der Waals surface area contributed by atoms with Crippen molar-refractivity contribution in [2.24, 2.45) is 5.41 Å². The second-order valence-corrected chi connectivity index (χ2v) is 12.4. The van der Waals surface area contributed by atoms with Crippen molar-refractivity contribution >= 4 is 20.9 Å². The van der Waals surface area contributed by atoms with Crippen molar-refractivity contribution in [3.63, 3.8) is 0 Å². The molecule has 0 aliphatic carbocycles. The van der Waals surface area contributed by atoms with Gasteiger partial charge in [-0.1, -0.05) is 39.0 Å². The second-order valence-electron chi connectivity index (χ2n) is 10.1. The zero-order valence-electron chi connectivity index (χ0n) is 20.1. The van der Waals surface area contributed by atoms with Gasteiger partial charge < -0.3 is 4.57 Å². The largest absolute Gasteiger partial charge is 0.417 e. The van der Waals surface area contributed by atoms with E-state index in [-0.39, 0.29) is 16.5 Å². The van der Waals surface area contributed by atoms with E-state index in [9.17, 15) is 21.6 Å². The van der Waals surface area contributed by atoms with Crippen LogP contribution in [0.4, 0.5) is 17.6 Å². The Morgan fingerprint density at radius 2 is 1.62 bits per heavy atom. The van der Waals surface area contributed by atoms with Gasteiger partial charge in [0.1, 0.15) is 5.82 Å². The van der Waals surface area contributed by atoms with Crippen LogP contribution in [0.15, 0.2) is 42.6 Å². The molecule has 2 aromatic carbocycles. The maximum absolute atomic E-state index is 15.3. The molecule has 1 aromatic heterocycles. The third-order valence-electron chi connectivity index (χ3n) is 5.60. The Balaban J connectivity index is 2.26. The van der Waals surface area contributed by atoms with E-state index in [4.69, 9.17) is 0 Å². The van der Waals surface area contributed by atoms with Crippen LogP contribution in [0.3, 0.4) is 0 Å². The molecular formula is C25H30F4N2O2S. The molecule has 0 fully saturated rings. The van der Waals surface area contributed by atoms with E-state index in [1.165, 1.54) is 30.3 Å². The van der Waals surface area contributed by atoms with Crippen molar-refractivity contribution < 1.29 is 26.0 Å². The third-order valence-corrected chi connectivity index (χ3v) is 7.52. The number of fused-ring (bicyclic) bond motifs is 1.